The quantitative estimate of drug-likeness (QED) is 0.653. The molecule has 1 aromatic rings. The van der Waals surface area contributed by atoms with Crippen molar-refractivity contribution in [3.63, 3.8) is 0 Å². The van der Waals surface area contributed by atoms with E-state index in [0.29, 0.717) is 0 Å². The zero-order valence-corrected chi connectivity index (χ0v) is 13.8. The standard InChI is InChI=1S/C16H27NO3S/c1-3-4-5-6-7-14(2)17-21(19,20)13-16-10-8-15(12-18)9-11-16/h8-11,14,17-18H,3-7,12-13H2,1-2H3. The first-order chi connectivity index (χ1) is 9.96. The zero-order valence-electron chi connectivity index (χ0n) is 13.0. The molecule has 0 spiro atoms. The summed E-state index contributed by atoms with van der Waals surface area (Å²) >= 11 is 0. The van der Waals surface area contributed by atoms with Gasteiger partial charge in [0.1, 0.15) is 0 Å². The lowest BCUT2D eigenvalue weighted by Crippen LogP contribution is -2.33. The maximum absolute atomic E-state index is 12.1. The molecule has 0 radical (unpaired) electrons. The van der Waals surface area contributed by atoms with Crippen LogP contribution in [-0.4, -0.2) is 19.6 Å². The van der Waals surface area contributed by atoms with E-state index in [1.165, 1.54) is 12.8 Å². The summed E-state index contributed by atoms with van der Waals surface area (Å²) in [6, 6.07) is 6.97. The third-order valence-electron chi connectivity index (χ3n) is 3.43. The smallest absolute Gasteiger partial charge is 0.216 e. The molecule has 1 rings (SSSR count). The number of aliphatic hydroxyl groups excluding tert-OH is 1. The van der Waals surface area contributed by atoms with Gasteiger partial charge in [-0.05, 0) is 24.5 Å². The molecule has 0 fully saturated rings. The number of rotatable bonds is 10. The van der Waals surface area contributed by atoms with Crippen LogP contribution < -0.4 is 4.72 Å². The van der Waals surface area contributed by atoms with E-state index in [1.807, 2.05) is 6.92 Å². The molecule has 0 saturated heterocycles. The van der Waals surface area contributed by atoms with Crippen molar-refractivity contribution in [1.29, 1.82) is 0 Å². The molecule has 0 aliphatic rings. The van der Waals surface area contributed by atoms with Gasteiger partial charge >= 0.3 is 0 Å². The summed E-state index contributed by atoms with van der Waals surface area (Å²) in [5.74, 6) is -0.0159. The average Bonchev–Trinajstić information content (AvgIpc) is 2.43. The van der Waals surface area contributed by atoms with Gasteiger partial charge in [-0.2, -0.15) is 0 Å². The van der Waals surface area contributed by atoms with E-state index < -0.39 is 10.0 Å². The Bertz CT molecular complexity index is 497. The van der Waals surface area contributed by atoms with Gasteiger partial charge in [-0.25, -0.2) is 13.1 Å². The number of sulfonamides is 1. The minimum atomic E-state index is -3.31. The summed E-state index contributed by atoms with van der Waals surface area (Å²) in [6.07, 6.45) is 5.48. The normalized spacial score (nSPS) is 13.3. The van der Waals surface area contributed by atoms with Gasteiger partial charge < -0.3 is 5.11 Å². The van der Waals surface area contributed by atoms with Crippen LogP contribution in [0, 0.1) is 0 Å². The van der Waals surface area contributed by atoms with E-state index in [2.05, 4.69) is 11.6 Å². The molecule has 0 aliphatic carbocycles. The van der Waals surface area contributed by atoms with E-state index in [-0.39, 0.29) is 18.4 Å². The van der Waals surface area contributed by atoms with Crippen molar-refractivity contribution in [1.82, 2.24) is 4.72 Å². The minimum Gasteiger partial charge on any atom is -0.392 e. The second-order valence-electron chi connectivity index (χ2n) is 5.60. The number of nitrogens with one attached hydrogen (secondary N) is 1. The first-order valence-electron chi connectivity index (χ1n) is 7.65. The Balaban J connectivity index is 2.44. The number of aliphatic hydroxyl groups is 1. The van der Waals surface area contributed by atoms with Crippen LogP contribution in [0.5, 0.6) is 0 Å². The first kappa shape index (κ1) is 18.1. The third-order valence-corrected chi connectivity index (χ3v) is 4.91. The van der Waals surface area contributed by atoms with E-state index in [0.717, 1.165) is 30.4 Å². The van der Waals surface area contributed by atoms with E-state index >= 15 is 0 Å². The molecule has 21 heavy (non-hydrogen) atoms. The van der Waals surface area contributed by atoms with Crippen LogP contribution in [-0.2, 0) is 22.4 Å². The van der Waals surface area contributed by atoms with Crippen molar-refractivity contribution in [3.05, 3.63) is 35.4 Å². The number of hydrogen-bond donors (Lipinski definition) is 2. The molecule has 1 unspecified atom stereocenters. The van der Waals surface area contributed by atoms with Crippen molar-refractivity contribution in [3.8, 4) is 0 Å². The molecular formula is C16H27NO3S. The van der Waals surface area contributed by atoms with Crippen molar-refractivity contribution in [2.75, 3.05) is 0 Å². The molecule has 0 amide bonds. The molecular weight excluding hydrogens is 286 g/mol. The molecule has 0 aliphatic heterocycles. The highest BCUT2D eigenvalue weighted by Crippen LogP contribution is 2.10. The summed E-state index contributed by atoms with van der Waals surface area (Å²) < 4.78 is 26.9. The van der Waals surface area contributed by atoms with Gasteiger partial charge in [0.2, 0.25) is 10.0 Å². The maximum Gasteiger partial charge on any atom is 0.216 e. The third kappa shape index (κ3) is 7.60. The van der Waals surface area contributed by atoms with E-state index in [1.54, 1.807) is 24.3 Å². The summed E-state index contributed by atoms with van der Waals surface area (Å²) in [6.45, 7) is 4.05. The predicted octanol–water partition coefficient (Wildman–Crippen LogP) is 2.96. The molecule has 4 nitrogen and oxygen atoms in total. The van der Waals surface area contributed by atoms with Gasteiger partial charge in [0.25, 0.3) is 0 Å². The largest absolute Gasteiger partial charge is 0.392 e. The summed E-state index contributed by atoms with van der Waals surface area (Å²) in [4.78, 5) is 0. The second kappa shape index (κ2) is 9.18. The lowest BCUT2D eigenvalue weighted by atomic mass is 10.1. The highest BCUT2D eigenvalue weighted by atomic mass is 32.2. The molecule has 2 N–H and O–H groups in total. The van der Waals surface area contributed by atoms with Crippen LogP contribution in [0.15, 0.2) is 24.3 Å². The van der Waals surface area contributed by atoms with Crippen molar-refractivity contribution in [2.45, 2.75) is 64.4 Å². The number of hydrogen-bond acceptors (Lipinski definition) is 3. The predicted molar refractivity (Wildman–Crippen MR) is 86.3 cm³/mol. The Morgan fingerprint density at radius 3 is 2.29 bits per heavy atom. The Morgan fingerprint density at radius 1 is 1.10 bits per heavy atom. The fourth-order valence-corrected chi connectivity index (χ4v) is 3.69. The number of benzene rings is 1. The Labute approximate surface area is 128 Å². The second-order valence-corrected chi connectivity index (χ2v) is 7.36. The van der Waals surface area contributed by atoms with Crippen LogP contribution in [0.2, 0.25) is 0 Å². The first-order valence-corrected chi connectivity index (χ1v) is 9.30. The van der Waals surface area contributed by atoms with Gasteiger partial charge in [0.15, 0.2) is 0 Å². The average molecular weight is 313 g/mol. The summed E-state index contributed by atoms with van der Waals surface area (Å²) in [7, 11) is -3.31. The maximum atomic E-state index is 12.1. The van der Waals surface area contributed by atoms with E-state index in [4.69, 9.17) is 5.11 Å². The topological polar surface area (TPSA) is 66.4 Å². The number of unbranched alkanes of at least 4 members (excludes halogenated alkanes) is 3. The molecule has 0 aromatic heterocycles. The van der Waals surface area contributed by atoms with E-state index in [9.17, 15) is 8.42 Å². The highest BCUT2D eigenvalue weighted by Gasteiger charge is 2.15. The molecule has 120 valence electrons. The zero-order chi connectivity index (χ0) is 15.7. The van der Waals surface area contributed by atoms with Crippen LogP contribution in [0.4, 0.5) is 0 Å². The van der Waals surface area contributed by atoms with Crippen molar-refractivity contribution in [2.24, 2.45) is 0 Å². The highest BCUT2D eigenvalue weighted by molar-refractivity contribution is 7.88. The van der Waals surface area contributed by atoms with Crippen LogP contribution in [0.1, 0.15) is 57.1 Å². The summed E-state index contributed by atoms with van der Waals surface area (Å²) in [5.41, 5.74) is 1.52. The fourth-order valence-electron chi connectivity index (χ4n) is 2.24. The molecule has 0 heterocycles. The molecule has 0 bridgehead atoms. The van der Waals surface area contributed by atoms with Gasteiger partial charge in [-0.3, -0.25) is 0 Å². The molecule has 1 atom stereocenters. The van der Waals surface area contributed by atoms with Crippen LogP contribution in [0.25, 0.3) is 0 Å². The Hall–Kier alpha value is -0.910. The Kier molecular flexibility index (Phi) is 7.93. The minimum absolute atomic E-state index is 0.0159. The SMILES string of the molecule is CCCCCCC(C)NS(=O)(=O)Cc1ccc(CO)cc1. The molecule has 1 aromatic carbocycles. The van der Waals surface area contributed by atoms with Gasteiger partial charge in [-0.15, -0.1) is 0 Å². The molecule has 5 heteroatoms. The van der Waals surface area contributed by atoms with Crippen molar-refractivity contribution < 1.29 is 13.5 Å². The summed E-state index contributed by atoms with van der Waals surface area (Å²) in [5, 5.41) is 8.97. The van der Waals surface area contributed by atoms with Gasteiger partial charge in [0.05, 0.1) is 12.4 Å². The van der Waals surface area contributed by atoms with Crippen molar-refractivity contribution >= 4 is 10.0 Å². The monoisotopic (exact) mass is 313 g/mol. The van der Waals surface area contributed by atoms with Crippen LogP contribution >= 0.6 is 0 Å². The lowest BCUT2D eigenvalue weighted by Gasteiger charge is -2.14. The lowest BCUT2D eigenvalue weighted by molar-refractivity contribution is 0.282. The van der Waals surface area contributed by atoms with Gasteiger partial charge in [-0.1, -0.05) is 56.9 Å². The Morgan fingerprint density at radius 2 is 1.71 bits per heavy atom. The fraction of sp³-hybridized carbons (Fsp3) is 0.625. The van der Waals surface area contributed by atoms with Gasteiger partial charge in [0, 0.05) is 6.04 Å². The molecule has 0 saturated carbocycles. The van der Waals surface area contributed by atoms with Crippen LogP contribution in [0.3, 0.4) is 0 Å².